The Morgan fingerprint density at radius 2 is 2.07 bits per heavy atom. The number of methoxy groups -OCH3 is 1. The predicted octanol–water partition coefficient (Wildman–Crippen LogP) is 3.71. The van der Waals surface area contributed by atoms with Crippen LogP contribution in [0.4, 0.5) is 5.82 Å². The Bertz CT molecular complexity index is 1090. The van der Waals surface area contributed by atoms with Gasteiger partial charge in [0.25, 0.3) is 0 Å². The lowest BCUT2D eigenvalue weighted by molar-refractivity contribution is 0.0601. The van der Waals surface area contributed by atoms with Crippen LogP contribution in [0.5, 0.6) is 0 Å². The molecular formula is C23H24N4O3. The van der Waals surface area contributed by atoms with Gasteiger partial charge in [-0.2, -0.15) is 0 Å². The average Bonchev–Trinajstić information content (AvgIpc) is 3.37. The molecule has 1 atom stereocenters. The highest BCUT2D eigenvalue weighted by atomic mass is 16.5. The fourth-order valence-corrected chi connectivity index (χ4v) is 4.91. The number of benzene rings is 1. The molecule has 2 aliphatic rings. The van der Waals surface area contributed by atoms with E-state index < -0.39 is 5.97 Å². The summed E-state index contributed by atoms with van der Waals surface area (Å²) in [5, 5.41) is 4.33. The van der Waals surface area contributed by atoms with Crippen LogP contribution in [0.2, 0.25) is 0 Å². The molecule has 3 heterocycles. The highest BCUT2D eigenvalue weighted by Gasteiger charge is 2.45. The van der Waals surface area contributed by atoms with Gasteiger partial charge < -0.3 is 14.2 Å². The molecule has 0 amide bonds. The van der Waals surface area contributed by atoms with Gasteiger partial charge in [-0.25, -0.2) is 14.8 Å². The number of fused-ring (bicyclic) bond motifs is 2. The van der Waals surface area contributed by atoms with Crippen LogP contribution in [0, 0.1) is 6.92 Å². The molecule has 2 aromatic heterocycles. The highest BCUT2D eigenvalue weighted by Crippen LogP contribution is 2.45. The minimum absolute atomic E-state index is 0.0411. The number of anilines is 1. The first kappa shape index (κ1) is 18.8. The summed E-state index contributed by atoms with van der Waals surface area (Å²) in [7, 11) is 1.39. The number of carbonyl (C=O) groups is 1. The maximum atomic E-state index is 12.7. The highest BCUT2D eigenvalue weighted by molar-refractivity contribution is 6.00. The van der Waals surface area contributed by atoms with Crippen LogP contribution in [0.15, 0.2) is 41.1 Å². The third kappa shape index (κ3) is 2.96. The van der Waals surface area contributed by atoms with E-state index in [1.54, 1.807) is 0 Å². The van der Waals surface area contributed by atoms with Gasteiger partial charge in [0.15, 0.2) is 17.1 Å². The first-order valence-corrected chi connectivity index (χ1v) is 10.3. The first-order valence-electron chi connectivity index (χ1n) is 10.3. The monoisotopic (exact) mass is 404 g/mol. The number of rotatable bonds is 3. The Labute approximate surface area is 175 Å². The van der Waals surface area contributed by atoms with Crippen molar-refractivity contribution in [3.8, 4) is 11.3 Å². The molecule has 0 saturated carbocycles. The minimum atomic E-state index is -0.435. The summed E-state index contributed by atoms with van der Waals surface area (Å²) in [4.78, 5) is 24.1. The molecule has 1 aliphatic heterocycles. The summed E-state index contributed by atoms with van der Waals surface area (Å²) < 4.78 is 10.8. The van der Waals surface area contributed by atoms with Crippen molar-refractivity contribution in [2.45, 2.75) is 38.0 Å². The van der Waals surface area contributed by atoms with Gasteiger partial charge in [-0.1, -0.05) is 35.5 Å². The van der Waals surface area contributed by atoms with Crippen molar-refractivity contribution >= 4 is 11.8 Å². The summed E-state index contributed by atoms with van der Waals surface area (Å²) in [6.45, 7) is 3.50. The Hall–Kier alpha value is -3.22. The van der Waals surface area contributed by atoms with E-state index in [1.807, 2.05) is 43.5 Å². The number of hydrogen-bond donors (Lipinski definition) is 0. The van der Waals surface area contributed by atoms with Gasteiger partial charge in [0.2, 0.25) is 0 Å². The number of carbonyl (C=O) groups excluding carboxylic acids is 1. The molecule has 7 heteroatoms. The summed E-state index contributed by atoms with van der Waals surface area (Å²) in [6, 6.07) is 9.55. The van der Waals surface area contributed by atoms with Crippen molar-refractivity contribution in [2.75, 3.05) is 25.1 Å². The number of nitrogens with zero attached hydrogens (tertiary/aromatic N) is 4. The van der Waals surface area contributed by atoms with Crippen LogP contribution in [-0.2, 0) is 16.6 Å². The SMILES string of the molecule is COC(=O)c1c(N2CCCC3(CCc4cnc(C)nc43)C2)noc1-c1ccccc1. The molecule has 0 bridgehead atoms. The molecule has 1 spiro atoms. The molecule has 1 unspecified atom stereocenters. The van der Waals surface area contributed by atoms with Gasteiger partial charge in [0, 0.05) is 30.3 Å². The molecule has 30 heavy (non-hydrogen) atoms. The maximum Gasteiger partial charge on any atom is 0.345 e. The minimum Gasteiger partial charge on any atom is -0.465 e. The lowest BCUT2D eigenvalue weighted by Gasteiger charge is -2.40. The lowest BCUT2D eigenvalue weighted by atomic mass is 9.77. The molecule has 1 aromatic carbocycles. The quantitative estimate of drug-likeness (QED) is 0.616. The predicted molar refractivity (Wildman–Crippen MR) is 111 cm³/mol. The van der Waals surface area contributed by atoms with Crippen LogP contribution in [-0.4, -0.2) is 41.3 Å². The number of piperidine rings is 1. The molecule has 1 saturated heterocycles. The average molecular weight is 404 g/mol. The van der Waals surface area contributed by atoms with Gasteiger partial charge in [-0.05, 0) is 38.2 Å². The van der Waals surface area contributed by atoms with Crippen molar-refractivity contribution < 1.29 is 14.1 Å². The van der Waals surface area contributed by atoms with Crippen molar-refractivity contribution in [1.29, 1.82) is 0 Å². The zero-order chi connectivity index (χ0) is 20.7. The number of aromatic nitrogens is 3. The molecule has 154 valence electrons. The fourth-order valence-electron chi connectivity index (χ4n) is 4.91. The molecule has 1 fully saturated rings. The van der Waals surface area contributed by atoms with Crippen molar-refractivity contribution in [3.63, 3.8) is 0 Å². The maximum absolute atomic E-state index is 12.7. The van der Waals surface area contributed by atoms with E-state index in [9.17, 15) is 4.79 Å². The van der Waals surface area contributed by atoms with Crippen LogP contribution >= 0.6 is 0 Å². The number of esters is 1. The number of hydrogen-bond acceptors (Lipinski definition) is 7. The van der Waals surface area contributed by atoms with Crippen LogP contribution < -0.4 is 4.90 Å². The molecule has 0 N–H and O–H groups in total. The van der Waals surface area contributed by atoms with Gasteiger partial charge >= 0.3 is 5.97 Å². The number of ether oxygens (including phenoxy) is 1. The third-order valence-electron chi connectivity index (χ3n) is 6.34. The summed E-state index contributed by atoms with van der Waals surface area (Å²) in [6.07, 6.45) is 6.06. The van der Waals surface area contributed by atoms with E-state index >= 15 is 0 Å². The zero-order valence-electron chi connectivity index (χ0n) is 17.2. The van der Waals surface area contributed by atoms with E-state index in [0.29, 0.717) is 17.1 Å². The lowest BCUT2D eigenvalue weighted by Crippen LogP contribution is -2.46. The number of aryl methyl sites for hydroxylation is 2. The van der Waals surface area contributed by atoms with Gasteiger partial charge in [0.1, 0.15) is 5.82 Å². The van der Waals surface area contributed by atoms with E-state index in [2.05, 4.69) is 15.0 Å². The second-order valence-corrected chi connectivity index (χ2v) is 8.16. The molecular weight excluding hydrogens is 380 g/mol. The Morgan fingerprint density at radius 1 is 1.23 bits per heavy atom. The Morgan fingerprint density at radius 3 is 2.87 bits per heavy atom. The standard InChI is InChI=1S/C23H24N4O3/c1-15-24-13-17-9-11-23(20(17)25-15)10-6-12-27(14-23)21-18(22(28)29-2)19(30-26-21)16-7-4-3-5-8-16/h3-5,7-8,13H,6,9-12,14H2,1-2H3. The topological polar surface area (TPSA) is 81.4 Å². The van der Waals surface area contributed by atoms with E-state index in [-0.39, 0.29) is 5.41 Å². The third-order valence-corrected chi connectivity index (χ3v) is 6.34. The summed E-state index contributed by atoms with van der Waals surface area (Å²) in [5.74, 6) is 1.37. The fraction of sp³-hybridized carbons (Fsp3) is 0.391. The summed E-state index contributed by atoms with van der Waals surface area (Å²) >= 11 is 0. The summed E-state index contributed by atoms with van der Waals surface area (Å²) in [5.41, 5.74) is 3.54. The zero-order valence-corrected chi connectivity index (χ0v) is 17.2. The van der Waals surface area contributed by atoms with E-state index in [4.69, 9.17) is 14.2 Å². The van der Waals surface area contributed by atoms with E-state index in [1.165, 1.54) is 12.7 Å². The van der Waals surface area contributed by atoms with Crippen LogP contribution in [0.25, 0.3) is 11.3 Å². The van der Waals surface area contributed by atoms with Gasteiger partial charge in [-0.15, -0.1) is 0 Å². The van der Waals surface area contributed by atoms with Crippen molar-refractivity contribution in [1.82, 2.24) is 15.1 Å². The Balaban J connectivity index is 1.55. The molecule has 1 aliphatic carbocycles. The molecule has 3 aromatic rings. The van der Waals surface area contributed by atoms with Gasteiger partial charge in [-0.3, -0.25) is 0 Å². The normalized spacial score (nSPS) is 20.4. The molecule has 5 rings (SSSR count). The second kappa shape index (κ2) is 7.23. The molecule has 0 radical (unpaired) electrons. The molecule has 7 nitrogen and oxygen atoms in total. The Kier molecular flexibility index (Phi) is 4.53. The largest absolute Gasteiger partial charge is 0.465 e. The van der Waals surface area contributed by atoms with Crippen molar-refractivity contribution in [2.24, 2.45) is 0 Å². The van der Waals surface area contributed by atoms with Crippen LogP contribution in [0.1, 0.15) is 46.7 Å². The van der Waals surface area contributed by atoms with E-state index in [0.717, 1.165) is 55.9 Å². The van der Waals surface area contributed by atoms with Crippen molar-refractivity contribution in [3.05, 3.63) is 59.2 Å². The van der Waals surface area contributed by atoms with Crippen LogP contribution in [0.3, 0.4) is 0 Å². The first-order chi connectivity index (χ1) is 14.6. The second-order valence-electron chi connectivity index (χ2n) is 8.16. The smallest absolute Gasteiger partial charge is 0.345 e. The van der Waals surface area contributed by atoms with Gasteiger partial charge in [0.05, 0.1) is 12.8 Å².